The summed E-state index contributed by atoms with van der Waals surface area (Å²) in [7, 11) is 0. The molecule has 0 radical (unpaired) electrons. The predicted molar refractivity (Wildman–Crippen MR) is 143 cm³/mol. The molecule has 5 heterocycles. The Bertz CT molecular complexity index is 1520. The number of carbonyl (C=O) groups excluding carboxylic acids is 1. The van der Waals surface area contributed by atoms with Crippen molar-refractivity contribution in [2.45, 2.75) is 44.9 Å². The third kappa shape index (κ3) is 4.06. The van der Waals surface area contributed by atoms with E-state index in [4.69, 9.17) is 26.4 Å². The van der Waals surface area contributed by atoms with Gasteiger partial charge in [-0.3, -0.25) is 14.7 Å². The van der Waals surface area contributed by atoms with Crippen LogP contribution < -0.4 is 5.32 Å². The molecular formula is C27H25ClN6O2S. The van der Waals surface area contributed by atoms with Gasteiger partial charge in [-0.15, -0.1) is 0 Å². The van der Waals surface area contributed by atoms with Crippen LogP contribution in [-0.4, -0.2) is 55.9 Å². The zero-order valence-corrected chi connectivity index (χ0v) is 21.8. The zero-order valence-electron chi connectivity index (χ0n) is 20.3. The number of morpholine rings is 1. The molecule has 8 nitrogen and oxygen atoms in total. The summed E-state index contributed by atoms with van der Waals surface area (Å²) in [6, 6.07) is 10.7. The molecule has 0 spiro atoms. The molecule has 2 aliphatic heterocycles. The maximum atomic E-state index is 11.7. The molecule has 37 heavy (non-hydrogen) atoms. The lowest BCUT2D eigenvalue weighted by atomic mass is 9.95. The molecule has 7 rings (SSSR count). The van der Waals surface area contributed by atoms with Crippen LogP contribution in [0.3, 0.4) is 0 Å². The fraction of sp³-hybridized carbons (Fsp3) is 0.333. The number of fused-ring (bicyclic) bond motifs is 5. The van der Waals surface area contributed by atoms with Crippen molar-refractivity contribution in [3.63, 3.8) is 0 Å². The molecule has 1 aliphatic carbocycles. The molecule has 0 saturated carbocycles. The number of benzene rings is 1. The van der Waals surface area contributed by atoms with Gasteiger partial charge in [0.05, 0.1) is 45.4 Å². The monoisotopic (exact) mass is 532 g/mol. The molecule has 2 saturated heterocycles. The molecule has 1 amide bonds. The van der Waals surface area contributed by atoms with Gasteiger partial charge in [0, 0.05) is 49.6 Å². The number of thiazole rings is 1. The van der Waals surface area contributed by atoms with Crippen LogP contribution >= 0.6 is 22.9 Å². The van der Waals surface area contributed by atoms with E-state index in [0.717, 1.165) is 77.7 Å². The summed E-state index contributed by atoms with van der Waals surface area (Å²) in [5, 5.41) is 9.18. The van der Waals surface area contributed by atoms with E-state index in [1.54, 1.807) is 6.20 Å². The minimum atomic E-state index is -0.132. The highest BCUT2D eigenvalue weighted by Crippen LogP contribution is 2.44. The number of anilines is 1. The average Bonchev–Trinajstić information content (AvgIpc) is 3.66. The first-order chi connectivity index (χ1) is 18.0. The number of carbonyl (C=O) groups is 1. The number of hydrogen-bond acceptors (Lipinski definition) is 7. The largest absolute Gasteiger partial charge is 0.375 e. The zero-order chi connectivity index (χ0) is 25.1. The van der Waals surface area contributed by atoms with E-state index in [1.165, 1.54) is 23.8 Å². The highest BCUT2D eigenvalue weighted by Gasteiger charge is 2.38. The Morgan fingerprint density at radius 2 is 2.22 bits per heavy atom. The Morgan fingerprint density at radius 3 is 2.95 bits per heavy atom. The van der Waals surface area contributed by atoms with Gasteiger partial charge >= 0.3 is 0 Å². The fourth-order valence-corrected chi connectivity index (χ4v) is 7.11. The SMILES string of the molecule is CC(=O)Nc1nc2c(s1)-c1c(c(-c3cccnc3)nn1-c1ccc(CN3CC4CC3CO4)cc1Cl)CC2. The summed E-state index contributed by atoms with van der Waals surface area (Å²) in [4.78, 5) is 24.2. The first-order valence-corrected chi connectivity index (χ1v) is 13.7. The van der Waals surface area contributed by atoms with Crippen molar-refractivity contribution in [2.24, 2.45) is 0 Å². The molecule has 1 N–H and O–H groups in total. The van der Waals surface area contributed by atoms with Crippen LogP contribution in [0.4, 0.5) is 5.13 Å². The van der Waals surface area contributed by atoms with Gasteiger partial charge < -0.3 is 10.1 Å². The van der Waals surface area contributed by atoms with Crippen molar-refractivity contribution in [3.8, 4) is 27.5 Å². The fourth-order valence-electron chi connectivity index (χ4n) is 5.71. The van der Waals surface area contributed by atoms with E-state index < -0.39 is 0 Å². The van der Waals surface area contributed by atoms with Crippen molar-refractivity contribution in [1.82, 2.24) is 24.6 Å². The minimum Gasteiger partial charge on any atom is -0.375 e. The summed E-state index contributed by atoms with van der Waals surface area (Å²) in [5.74, 6) is -0.132. The van der Waals surface area contributed by atoms with Crippen LogP contribution in [-0.2, 0) is 28.9 Å². The number of aromatic nitrogens is 4. The van der Waals surface area contributed by atoms with E-state index in [0.29, 0.717) is 22.3 Å². The van der Waals surface area contributed by atoms with Crippen LogP contribution in [0.15, 0.2) is 42.7 Å². The number of aryl methyl sites for hydroxylation is 1. The molecule has 2 fully saturated rings. The molecule has 3 aliphatic rings. The Balaban J connectivity index is 1.31. The summed E-state index contributed by atoms with van der Waals surface area (Å²) in [6.45, 7) is 4.17. The number of rotatable bonds is 5. The third-order valence-electron chi connectivity index (χ3n) is 7.37. The van der Waals surface area contributed by atoms with Crippen molar-refractivity contribution in [1.29, 1.82) is 0 Å². The van der Waals surface area contributed by atoms with E-state index in [2.05, 4.69) is 33.4 Å². The lowest BCUT2D eigenvalue weighted by Gasteiger charge is -2.26. The van der Waals surface area contributed by atoms with E-state index >= 15 is 0 Å². The number of pyridine rings is 1. The second kappa shape index (κ2) is 9.02. The maximum absolute atomic E-state index is 11.7. The number of halogens is 1. The van der Waals surface area contributed by atoms with Crippen LogP contribution in [0, 0.1) is 0 Å². The predicted octanol–water partition coefficient (Wildman–Crippen LogP) is 4.74. The summed E-state index contributed by atoms with van der Waals surface area (Å²) < 4.78 is 7.70. The lowest BCUT2D eigenvalue weighted by Crippen LogP contribution is -2.36. The first kappa shape index (κ1) is 23.0. The van der Waals surface area contributed by atoms with Crippen LogP contribution in [0.25, 0.3) is 27.5 Å². The molecule has 188 valence electrons. The van der Waals surface area contributed by atoms with E-state index in [-0.39, 0.29) is 5.91 Å². The van der Waals surface area contributed by atoms with Crippen molar-refractivity contribution >= 4 is 34.0 Å². The van der Waals surface area contributed by atoms with Crippen molar-refractivity contribution in [2.75, 3.05) is 18.5 Å². The number of likely N-dealkylation sites (tertiary alicyclic amines) is 1. The van der Waals surface area contributed by atoms with Gasteiger partial charge in [-0.25, -0.2) is 9.67 Å². The molecular weight excluding hydrogens is 508 g/mol. The topological polar surface area (TPSA) is 85.2 Å². The van der Waals surface area contributed by atoms with Crippen molar-refractivity contribution < 1.29 is 9.53 Å². The van der Waals surface area contributed by atoms with Crippen LogP contribution in [0.2, 0.25) is 5.02 Å². The van der Waals surface area contributed by atoms with Gasteiger partial charge in [-0.1, -0.05) is 29.0 Å². The first-order valence-electron chi connectivity index (χ1n) is 12.5. The normalized spacial score (nSPS) is 20.2. The molecule has 2 atom stereocenters. The third-order valence-corrected chi connectivity index (χ3v) is 8.69. The average molecular weight is 533 g/mol. The minimum absolute atomic E-state index is 0.132. The molecule has 3 aromatic heterocycles. The number of ether oxygens (including phenoxy) is 1. The van der Waals surface area contributed by atoms with Crippen molar-refractivity contribution in [3.05, 3.63) is 64.6 Å². The molecule has 2 unspecified atom stereocenters. The van der Waals surface area contributed by atoms with Crippen LogP contribution in [0.5, 0.6) is 0 Å². The Kier molecular flexibility index (Phi) is 5.62. The number of nitrogens with one attached hydrogen (secondary N) is 1. The summed E-state index contributed by atoms with van der Waals surface area (Å²) in [5.41, 5.74) is 6.97. The highest BCUT2D eigenvalue weighted by atomic mass is 35.5. The number of hydrogen-bond donors (Lipinski definition) is 1. The van der Waals surface area contributed by atoms with Gasteiger partial charge in [-0.05, 0) is 49.1 Å². The molecule has 1 aromatic carbocycles. The Labute approximate surface area is 223 Å². The van der Waals surface area contributed by atoms with E-state index in [9.17, 15) is 4.79 Å². The van der Waals surface area contributed by atoms with Gasteiger partial charge in [0.2, 0.25) is 5.91 Å². The number of amides is 1. The van der Waals surface area contributed by atoms with E-state index in [1.807, 2.05) is 23.0 Å². The number of nitrogens with zero attached hydrogens (tertiary/aromatic N) is 5. The van der Waals surface area contributed by atoms with Crippen LogP contribution in [0.1, 0.15) is 30.2 Å². The Hall–Kier alpha value is -3.11. The molecule has 4 aromatic rings. The van der Waals surface area contributed by atoms with Gasteiger partial charge in [0.15, 0.2) is 5.13 Å². The summed E-state index contributed by atoms with van der Waals surface area (Å²) >= 11 is 8.42. The second-order valence-corrected chi connectivity index (χ2v) is 11.3. The maximum Gasteiger partial charge on any atom is 0.223 e. The van der Waals surface area contributed by atoms with Gasteiger partial charge in [-0.2, -0.15) is 5.10 Å². The standard InChI is InChI=1S/C27H25ClN6O2S/c1-15(35)30-27-31-22-6-5-20-24(17-3-2-8-29-11-17)32-34(25(20)26(22)37-27)23-7-4-16(9-21(23)28)12-33-13-19-10-18(33)14-36-19/h2-4,7-9,11,18-19H,5-6,10,12-14H2,1H3,(H,30,31,35). The van der Waals surface area contributed by atoms with Gasteiger partial charge in [0.1, 0.15) is 0 Å². The second-order valence-electron chi connectivity index (χ2n) is 9.87. The molecule has 10 heteroatoms. The summed E-state index contributed by atoms with van der Waals surface area (Å²) in [6.07, 6.45) is 6.69. The highest BCUT2D eigenvalue weighted by molar-refractivity contribution is 7.19. The van der Waals surface area contributed by atoms with Gasteiger partial charge in [0.25, 0.3) is 0 Å². The quantitative estimate of drug-likeness (QED) is 0.399. The Morgan fingerprint density at radius 1 is 1.30 bits per heavy atom. The lowest BCUT2D eigenvalue weighted by molar-refractivity contribution is -0.114. The molecule has 2 bridgehead atoms. The smallest absolute Gasteiger partial charge is 0.223 e.